The van der Waals surface area contributed by atoms with E-state index in [1.807, 2.05) is 0 Å². The molecule has 0 aliphatic rings. The van der Waals surface area contributed by atoms with Crippen molar-refractivity contribution in [1.82, 2.24) is 4.98 Å². The third-order valence-electron chi connectivity index (χ3n) is 2.22. The van der Waals surface area contributed by atoms with Gasteiger partial charge in [0.05, 0.1) is 15.2 Å². The molecule has 0 amide bonds. The number of nitrogens with one attached hydrogen (secondary N) is 2. The van der Waals surface area contributed by atoms with E-state index in [1.165, 1.54) is 6.92 Å². The van der Waals surface area contributed by atoms with Crippen molar-refractivity contribution >= 4 is 54.6 Å². The molecule has 0 aliphatic carbocycles. The second-order valence-corrected chi connectivity index (χ2v) is 7.69. The topological polar surface area (TPSA) is 79.0 Å². The number of hydrogen-bond donors (Lipinski definition) is 2. The number of aromatic nitrogens is 1. The van der Waals surface area contributed by atoms with Crippen LogP contribution in [0.5, 0.6) is 0 Å². The van der Waals surface area contributed by atoms with Crippen molar-refractivity contribution in [2.45, 2.75) is 11.1 Å². The highest BCUT2D eigenvalue weighted by atomic mass is 79.9. The highest BCUT2D eigenvalue weighted by Gasteiger charge is 2.21. The van der Waals surface area contributed by atoms with Crippen LogP contribution in [0.3, 0.4) is 0 Å². The largest absolute Gasteiger partial charge is 0.315 e. The summed E-state index contributed by atoms with van der Waals surface area (Å²) in [5.74, 6) is 0. The van der Waals surface area contributed by atoms with Crippen molar-refractivity contribution in [2.75, 3.05) is 4.72 Å². The minimum absolute atomic E-state index is 0.0376. The van der Waals surface area contributed by atoms with Crippen LogP contribution in [0.1, 0.15) is 5.69 Å². The number of aromatic amines is 1. The summed E-state index contributed by atoms with van der Waals surface area (Å²) in [5.41, 5.74) is 0.619. The highest BCUT2D eigenvalue weighted by molar-refractivity contribution is 9.10. The Morgan fingerprint density at radius 2 is 2.11 bits per heavy atom. The van der Waals surface area contributed by atoms with Crippen molar-refractivity contribution in [3.63, 3.8) is 0 Å². The summed E-state index contributed by atoms with van der Waals surface area (Å²) in [6, 6.07) is 4.82. The van der Waals surface area contributed by atoms with Crippen molar-refractivity contribution in [1.29, 1.82) is 0 Å². The van der Waals surface area contributed by atoms with Gasteiger partial charge in [0.25, 0.3) is 10.0 Å². The van der Waals surface area contributed by atoms with E-state index in [2.05, 4.69) is 25.6 Å². The molecule has 2 rings (SSSR count). The second kappa shape index (κ2) is 5.28. The summed E-state index contributed by atoms with van der Waals surface area (Å²) in [5, 5.41) is 0.388. The monoisotopic (exact) mass is 382 g/mol. The van der Waals surface area contributed by atoms with Gasteiger partial charge in [-0.3, -0.25) is 9.52 Å². The Morgan fingerprint density at radius 1 is 1.42 bits per heavy atom. The molecule has 0 atom stereocenters. The Kier molecular flexibility index (Phi) is 4.05. The zero-order chi connectivity index (χ0) is 14.2. The van der Waals surface area contributed by atoms with Crippen LogP contribution in [-0.2, 0) is 10.0 Å². The molecule has 2 aromatic rings. The van der Waals surface area contributed by atoms with Crippen LogP contribution in [0.25, 0.3) is 0 Å². The number of benzene rings is 1. The molecule has 0 saturated carbocycles. The predicted octanol–water partition coefficient (Wildman–Crippen LogP) is 2.96. The molecule has 1 heterocycles. The Morgan fingerprint density at radius 3 is 2.68 bits per heavy atom. The Bertz CT molecular complexity index is 782. The first-order chi connectivity index (χ1) is 8.81. The van der Waals surface area contributed by atoms with Crippen molar-refractivity contribution in [3.05, 3.63) is 43.1 Å². The zero-order valence-corrected chi connectivity index (χ0v) is 13.5. The summed E-state index contributed by atoms with van der Waals surface area (Å²) in [6.07, 6.45) is 0. The molecule has 0 radical (unpaired) electrons. The third-order valence-corrected chi connectivity index (χ3v) is 6.59. The fraction of sp³-hybridized carbons (Fsp3) is 0.100. The van der Waals surface area contributed by atoms with Gasteiger partial charge in [-0.25, -0.2) is 8.42 Å². The Hall–Kier alpha value is -0.830. The van der Waals surface area contributed by atoms with Crippen LogP contribution >= 0.6 is 38.9 Å². The molecule has 1 aromatic heterocycles. The molecule has 102 valence electrons. The highest BCUT2D eigenvalue weighted by Crippen LogP contribution is 2.32. The maximum absolute atomic E-state index is 12.2. The minimum Gasteiger partial charge on any atom is -0.315 e. The molecule has 0 fully saturated rings. The average Bonchev–Trinajstić information content (AvgIpc) is 2.65. The first-order valence-corrected chi connectivity index (χ1v) is 8.45. The number of rotatable bonds is 3. The van der Waals surface area contributed by atoms with E-state index >= 15 is 0 Å². The average molecular weight is 384 g/mol. The van der Waals surface area contributed by atoms with Crippen LogP contribution in [0, 0.1) is 6.92 Å². The summed E-state index contributed by atoms with van der Waals surface area (Å²) in [4.78, 5) is 13.2. The van der Waals surface area contributed by atoms with Gasteiger partial charge < -0.3 is 4.98 Å². The van der Waals surface area contributed by atoms with E-state index in [0.29, 0.717) is 32.2 Å². The number of anilines is 1. The zero-order valence-electron chi connectivity index (χ0n) is 9.53. The van der Waals surface area contributed by atoms with E-state index in [9.17, 15) is 13.2 Å². The molecule has 0 aliphatic heterocycles. The molecule has 2 N–H and O–H groups in total. The van der Waals surface area contributed by atoms with Gasteiger partial charge in [0.2, 0.25) is 0 Å². The summed E-state index contributed by atoms with van der Waals surface area (Å²) < 4.78 is 27.1. The Labute approximate surface area is 126 Å². The first kappa shape index (κ1) is 14.6. The van der Waals surface area contributed by atoms with Crippen LogP contribution in [-0.4, -0.2) is 13.4 Å². The van der Waals surface area contributed by atoms with Gasteiger partial charge in [0.1, 0.15) is 0 Å². The first-order valence-electron chi connectivity index (χ1n) is 4.98. The maximum atomic E-state index is 12.2. The molecular weight excluding hydrogens is 376 g/mol. The normalized spacial score (nSPS) is 11.5. The number of sulfonamides is 1. The lowest BCUT2D eigenvalue weighted by Gasteiger charge is -2.09. The number of hydrogen-bond acceptors (Lipinski definition) is 4. The van der Waals surface area contributed by atoms with E-state index in [4.69, 9.17) is 11.6 Å². The lowest BCUT2D eigenvalue weighted by Crippen LogP contribution is -2.13. The summed E-state index contributed by atoms with van der Waals surface area (Å²) in [7, 11) is -3.81. The molecule has 0 saturated heterocycles. The quantitative estimate of drug-likeness (QED) is 0.855. The standard InChI is InChI=1S/C10H8BrClN2O3S2/c1-5-9(18-10(15)13-5)19(16,17)14-7-4-2-3-6(12)8(7)11/h2-4,14H,1H3,(H,13,15). The molecule has 0 unspecified atom stereocenters. The van der Waals surface area contributed by atoms with Crippen LogP contribution < -0.4 is 9.60 Å². The van der Waals surface area contributed by atoms with Gasteiger partial charge >= 0.3 is 4.87 Å². The number of halogens is 2. The fourth-order valence-corrected chi connectivity index (χ4v) is 4.46. The number of H-pyrrole nitrogens is 1. The van der Waals surface area contributed by atoms with Gasteiger partial charge in [0, 0.05) is 5.69 Å². The fourth-order valence-electron chi connectivity index (χ4n) is 1.42. The van der Waals surface area contributed by atoms with E-state index < -0.39 is 14.9 Å². The van der Waals surface area contributed by atoms with Crippen LogP contribution in [0.15, 0.2) is 31.7 Å². The number of aryl methyl sites for hydroxylation is 1. The number of thiazole rings is 1. The maximum Gasteiger partial charge on any atom is 0.306 e. The van der Waals surface area contributed by atoms with Gasteiger partial charge in [-0.1, -0.05) is 29.0 Å². The van der Waals surface area contributed by atoms with Crippen molar-refractivity contribution in [2.24, 2.45) is 0 Å². The second-order valence-electron chi connectivity index (χ2n) is 3.63. The van der Waals surface area contributed by atoms with Crippen LogP contribution in [0.2, 0.25) is 5.02 Å². The van der Waals surface area contributed by atoms with Gasteiger partial charge in [-0.05, 0) is 35.0 Å². The van der Waals surface area contributed by atoms with Crippen LogP contribution in [0.4, 0.5) is 5.69 Å². The molecule has 19 heavy (non-hydrogen) atoms. The van der Waals surface area contributed by atoms with Crippen molar-refractivity contribution in [3.8, 4) is 0 Å². The summed E-state index contributed by atoms with van der Waals surface area (Å²) >= 11 is 9.73. The van der Waals surface area contributed by atoms with Gasteiger partial charge in [-0.15, -0.1) is 0 Å². The van der Waals surface area contributed by atoms with Gasteiger partial charge in [-0.2, -0.15) is 0 Å². The van der Waals surface area contributed by atoms with Gasteiger partial charge in [0.15, 0.2) is 4.21 Å². The van der Waals surface area contributed by atoms with Crippen molar-refractivity contribution < 1.29 is 8.42 Å². The summed E-state index contributed by atoms with van der Waals surface area (Å²) in [6.45, 7) is 1.53. The molecule has 9 heteroatoms. The molecule has 5 nitrogen and oxygen atoms in total. The van der Waals surface area contributed by atoms with E-state index in [1.54, 1.807) is 18.2 Å². The molecule has 1 aromatic carbocycles. The molecular formula is C10H8BrClN2O3S2. The van der Waals surface area contributed by atoms with E-state index in [-0.39, 0.29) is 4.21 Å². The van der Waals surface area contributed by atoms with E-state index in [0.717, 1.165) is 0 Å². The predicted molar refractivity (Wildman–Crippen MR) is 79.6 cm³/mol. The Balaban J connectivity index is 2.45. The smallest absolute Gasteiger partial charge is 0.306 e. The third kappa shape index (κ3) is 3.02. The minimum atomic E-state index is -3.81. The lowest BCUT2D eigenvalue weighted by molar-refractivity contribution is 0.602. The molecule has 0 bridgehead atoms. The molecule has 0 spiro atoms. The SMILES string of the molecule is Cc1[nH]c(=O)sc1S(=O)(=O)Nc1cccc(Cl)c1Br. The lowest BCUT2D eigenvalue weighted by atomic mass is 10.3.